The molecule has 0 aliphatic rings. The van der Waals surface area contributed by atoms with Crippen LogP contribution in [0.5, 0.6) is 0 Å². The number of anilines is 4. The number of methoxy groups -OCH3 is 1. The first-order chi connectivity index (χ1) is 13.1. The van der Waals surface area contributed by atoms with Crippen LogP contribution in [0, 0.1) is 0 Å². The molecule has 3 aromatic rings. The van der Waals surface area contributed by atoms with Gasteiger partial charge in [-0.1, -0.05) is 18.2 Å². The highest BCUT2D eigenvalue weighted by Crippen LogP contribution is 2.21. The third kappa shape index (κ3) is 4.37. The van der Waals surface area contributed by atoms with Crippen molar-refractivity contribution in [3.8, 4) is 0 Å². The maximum atomic E-state index is 11.9. The number of hydrogen-bond acceptors (Lipinski definition) is 7. The van der Waals surface area contributed by atoms with E-state index in [9.17, 15) is 9.59 Å². The molecular formula is C19H16N4O4. The molecule has 0 unspecified atom stereocenters. The lowest BCUT2D eigenvalue weighted by molar-refractivity contribution is 0.0601. The zero-order chi connectivity index (χ0) is 19.2. The smallest absolute Gasteiger partial charge is 0.339 e. The predicted octanol–water partition coefficient (Wildman–Crippen LogP) is 3.45. The number of nitrogens with one attached hydrogen (secondary N) is 2. The number of carbonyl (C=O) groups is 2. The van der Waals surface area contributed by atoms with Crippen molar-refractivity contribution in [1.82, 2.24) is 9.97 Å². The van der Waals surface area contributed by atoms with Crippen LogP contribution < -0.4 is 10.6 Å². The summed E-state index contributed by atoms with van der Waals surface area (Å²) in [6.07, 6.45) is 1.54. The Morgan fingerprint density at radius 3 is 2.63 bits per heavy atom. The molecule has 0 fully saturated rings. The van der Waals surface area contributed by atoms with Gasteiger partial charge in [0.2, 0.25) is 5.95 Å². The first-order valence-electron chi connectivity index (χ1n) is 7.94. The fourth-order valence-electron chi connectivity index (χ4n) is 2.37. The maximum Gasteiger partial charge on any atom is 0.339 e. The number of ether oxygens (including phenoxy) is 1. The summed E-state index contributed by atoms with van der Waals surface area (Å²) >= 11 is 0. The van der Waals surface area contributed by atoms with E-state index in [1.807, 2.05) is 0 Å². The molecule has 136 valence electrons. The van der Waals surface area contributed by atoms with Crippen molar-refractivity contribution in [2.45, 2.75) is 0 Å². The average Bonchev–Trinajstić information content (AvgIpc) is 2.68. The molecule has 0 atom stereocenters. The molecule has 0 aliphatic heterocycles. The van der Waals surface area contributed by atoms with Crippen LogP contribution in [0.15, 0.2) is 60.8 Å². The lowest BCUT2D eigenvalue weighted by atomic mass is 10.2. The van der Waals surface area contributed by atoms with Crippen LogP contribution in [-0.4, -0.2) is 34.1 Å². The van der Waals surface area contributed by atoms with Crippen LogP contribution >= 0.6 is 0 Å². The van der Waals surface area contributed by atoms with E-state index >= 15 is 0 Å². The molecule has 3 rings (SSSR count). The van der Waals surface area contributed by atoms with Gasteiger partial charge in [-0.2, -0.15) is 4.98 Å². The first-order valence-corrected chi connectivity index (χ1v) is 7.94. The Hall–Kier alpha value is -3.94. The van der Waals surface area contributed by atoms with Gasteiger partial charge in [0.15, 0.2) is 0 Å². The standard InChI is InChI=1S/C19H16N4O4/c1-27-18(26)14-7-2-3-8-15(14)22-19-20-10-9-16(23-19)21-13-6-4-5-12(11-13)17(24)25/h2-11H,1H3,(H,24,25)(H2,20,21,22,23). The number of esters is 1. The molecule has 8 heteroatoms. The van der Waals surface area contributed by atoms with Crippen LogP contribution in [0.3, 0.4) is 0 Å². The number of rotatable bonds is 6. The van der Waals surface area contributed by atoms with E-state index < -0.39 is 11.9 Å². The number of aromatic carboxylic acids is 1. The second kappa shape index (κ2) is 7.96. The minimum atomic E-state index is -1.01. The third-order valence-electron chi connectivity index (χ3n) is 3.62. The van der Waals surface area contributed by atoms with Crippen molar-refractivity contribution in [2.75, 3.05) is 17.7 Å². The van der Waals surface area contributed by atoms with Crippen molar-refractivity contribution < 1.29 is 19.4 Å². The number of para-hydroxylation sites is 1. The van der Waals surface area contributed by atoms with E-state index in [0.29, 0.717) is 22.8 Å². The van der Waals surface area contributed by atoms with E-state index in [2.05, 4.69) is 20.6 Å². The van der Waals surface area contributed by atoms with Gasteiger partial charge in [0.1, 0.15) is 5.82 Å². The Morgan fingerprint density at radius 2 is 1.85 bits per heavy atom. The summed E-state index contributed by atoms with van der Waals surface area (Å²) in [5.41, 5.74) is 1.61. The zero-order valence-electron chi connectivity index (χ0n) is 14.3. The molecule has 1 heterocycles. The lowest BCUT2D eigenvalue weighted by Gasteiger charge is -2.11. The molecule has 8 nitrogen and oxygen atoms in total. The molecule has 0 bridgehead atoms. The van der Waals surface area contributed by atoms with Crippen molar-refractivity contribution >= 4 is 35.1 Å². The normalized spacial score (nSPS) is 10.1. The quantitative estimate of drug-likeness (QED) is 0.570. The molecular weight excluding hydrogens is 348 g/mol. The molecule has 0 amide bonds. The largest absolute Gasteiger partial charge is 0.478 e. The summed E-state index contributed by atoms with van der Waals surface area (Å²) in [7, 11) is 1.31. The Morgan fingerprint density at radius 1 is 1.04 bits per heavy atom. The summed E-state index contributed by atoms with van der Waals surface area (Å²) in [5.74, 6) is -0.752. The van der Waals surface area contributed by atoms with E-state index in [1.54, 1.807) is 48.7 Å². The molecule has 3 N–H and O–H groups in total. The molecule has 1 aromatic heterocycles. The van der Waals surface area contributed by atoms with Crippen LogP contribution in [-0.2, 0) is 4.74 Å². The molecule has 0 saturated carbocycles. The van der Waals surface area contributed by atoms with Gasteiger partial charge in [-0.25, -0.2) is 14.6 Å². The highest BCUT2D eigenvalue weighted by molar-refractivity contribution is 5.96. The van der Waals surface area contributed by atoms with Gasteiger partial charge in [0.25, 0.3) is 0 Å². The monoisotopic (exact) mass is 364 g/mol. The van der Waals surface area contributed by atoms with Crippen molar-refractivity contribution in [2.24, 2.45) is 0 Å². The van der Waals surface area contributed by atoms with Crippen molar-refractivity contribution in [3.05, 3.63) is 71.9 Å². The molecule has 0 spiro atoms. The first kappa shape index (κ1) is 17.9. The molecule has 0 radical (unpaired) electrons. The number of carbonyl (C=O) groups excluding carboxylic acids is 1. The van der Waals surface area contributed by atoms with E-state index in [4.69, 9.17) is 9.84 Å². The summed E-state index contributed by atoms with van der Waals surface area (Å²) in [4.78, 5) is 31.4. The van der Waals surface area contributed by atoms with Gasteiger partial charge in [0, 0.05) is 11.9 Å². The molecule has 27 heavy (non-hydrogen) atoms. The van der Waals surface area contributed by atoms with Gasteiger partial charge in [0.05, 0.1) is 23.9 Å². The number of carboxylic acids is 1. The fraction of sp³-hybridized carbons (Fsp3) is 0.0526. The number of hydrogen-bond donors (Lipinski definition) is 3. The maximum absolute atomic E-state index is 11.9. The minimum Gasteiger partial charge on any atom is -0.478 e. The van der Waals surface area contributed by atoms with E-state index in [1.165, 1.54) is 19.2 Å². The third-order valence-corrected chi connectivity index (χ3v) is 3.62. The van der Waals surface area contributed by atoms with Gasteiger partial charge >= 0.3 is 11.9 Å². The Bertz CT molecular complexity index is 991. The lowest BCUT2D eigenvalue weighted by Crippen LogP contribution is -2.07. The topological polar surface area (TPSA) is 113 Å². The summed E-state index contributed by atoms with van der Waals surface area (Å²) in [6, 6.07) is 14.9. The Labute approximate surface area is 154 Å². The number of nitrogens with zero attached hydrogens (tertiary/aromatic N) is 2. The molecule has 0 aliphatic carbocycles. The second-order valence-electron chi connectivity index (χ2n) is 5.44. The Kier molecular flexibility index (Phi) is 5.27. The fourth-order valence-corrected chi connectivity index (χ4v) is 2.37. The highest BCUT2D eigenvalue weighted by Gasteiger charge is 2.12. The van der Waals surface area contributed by atoms with Crippen molar-refractivity contribution in [3.63, 3.8) is 0 Å². The molecule has 0 saturated heterocycles. The second-order valence-corrected chi connectivity index (χ2v) is 5.44. The summed E-state index contributed by atoms with van der Waals surface area (Å²) in [5, 5.41) is 15.1. The number of benzene rings is 2. The Balaban J connectivity index is 1.82. The van der Waals surface area contributed by atoms with Crippen LogP contribution in [0.4, 0.5) is 23.1 Å². The average molecular weight is 364 g/mol. The minimum absolute atomic E-state index is 0.166. The number of aromatic nitrogens is 2. The summed E-state index contributed by atoms with van der Waals surface area (Å²) in [6.45, 7) is 0. The van der Waals surface area contributed by atoms with Crippen LogP contribution in [0.1, 0.15) is 20.7 Å². The summed E-state index contributed by atoms with van der Waals surface area (Å²) < 4.78 is 4.77. The zero-order valence-corrected chi connectivity index (χ0v) is 14.3. The van der Waals surface area contributed by atoms with Crippen LogP contribution in [0.25, 0.3) is 0 Å². The van der Waals surface area contributed by atoms with Gasteiger partial charge in [-0.15, -0.1) is 0 Å². The van der Waals surface area contributed by atoms with E-state index in [0.717, 1.165) is 0 Å². The number of carboxylic acid groups (broad SMARTS) is 1. The van der Waals surface area contributed by atoms with Crippen LogP contribution in [0.2, 0.25) is 0 Å². The van der Waals surface area contributed by atoms with Crippen molar-refractivity contribution in [1.29, 1.82) is 0 Å². The highest BCUT2D eigenvalue weighted by atomic mass is 16.5. The van der Waals surface area contributed by atoms with E-state index in [-0.39, 0.29) is 11.5 Å². The van der Waals surface area contributed by atoms with Gasteiger partial charge in [-0.05, 0) is 36.4 Å². The predicted molar refractivity (Wildman–Crippen MR) is 99.8 cm³/mol. The van der Waals surface area contributed by atoms with Gasteiger partial charge < -0.3 is 20.5 Å². The van der Waals surface area contributed by atoms with Gasteiger partial charge in [-0.3, -0.25) is 0 Å². The molecule has 2 aromatic carbocycles. The SMILES string of the molecule is COC(=O)c1ccccc1Nc1nccc(Nc2cccc(C(=O)O)c2)n1.